The highest BCUT2D eigenvalue weighted by Gasteiger charge is 2.26. The number of amides is 2. The van der Waals surface area contributed by atoms with E-state index in [1.165, 1.54) is 12.3 Å². The van der Waals surface area contributed by atoms with Gasteiger partial charge in [-0.15, -0.1) is 0 Å². The molecule has 3 N–H and O–H groups in total. The van der Waals surface area contributed by atoms with Gasteiger partial charge in [0.1, 0.15) is 17.7 Å². The molecule has 3 rings (SSSR count). The number of benzene rings is 1. The molecule has 1 aliphatic carbocycles. The van der Waals surface area contributed by atoms with E-state index in [4.69, 9.17) is 4.42 Å². The molecule has 0 saturated carbocycles. The number of carbonyl (C=O) groups is 1. The van der Waals surface area contributed by atoms with Crippen LogP contribution in [0, 0.1) is 5.82 Å². The zero-order valence-electron chi connectivity index (χ0n) is 11.9. The lowest BCUT2D eigenvalue weighted by Crippen LogP contribution is -2.39. The normalized spacial score (nSPS) is 17.8. The van der Waals surface area contributed by atoms with Crippen molar-refractivity contribution in [3.8, 4) is 0 Å². The number of nitrogens with one attached hydrogen (secondary N) is 2. The third kappa shape index (κ3) is 2.96. The predicted molar refractivity (Wildman–Crippen MR) is 77.7 cm³/mol. The summed E-state index contributed by atoms with van der Waals surface area (Å²) in [6, 6.07) is 7.61. The van der Waals surface area contributed by atoms with E-state index in [1.54, 1.807) is 18.2 Å². The number of urea groups is 1. The van der Waals surface area contributed by atoms with Gasteiger partial charge in [-0.25, -0.2) is 9.18 Å². The van der Waals surface area contributed by atoms with Crippen LogP contribution in [0.25, 0.3) is 0 Å². The van der Waals surface area contributed by atoms with Crippen LogP contribution in [0.1, 0.15) is 35.5 Å². The molecule has 1 aliphatic rings. The maximum atomic E-state index is 13.6. The second kappa shape index (κ2) is 6.19. The summed E-state index contributed by atoms with van der Waals surface area (Å²) in [5, 5.41) is 15.2. The van der Waals surface area contributed by atoms with Crippen LogP contribution < -0.4 is 10.6 Å². The number of carbonyl (C=O) groups excluding carboxylic acids is 1. The molecule has 22 heavy (non-hydrogen) atoms. The Labute approximate surface area is 127 Å². The first-order valence-corrected chi connectivity index (χ1v) is 7.18. The highest BCUT2D eigenvalue weighted by molar-refractivity contribution is 5.74. The van der Waals surface area contributed by atoms with E-state index in [0.29, 0.717) is 24.2 Å². The fourth-order valence-corrected chi connectivity index (χ4v) is 2.74. The second-order valence-corrected chi connectivity index (χ2v) is 5.28. The maximum Gasteiger partial charge on any atom is 0.315 e. The zero-order valence-corrected chi connectivity index (χ0v) is 11.9. The Balaban J connectivity index is 1.54. The van der Waals surface area contributed by atoms with E-state index in [-0.39, 0.29) is 18.4 Å². The molecule has 0 aliphatic heterocycles. The molecule has 2 unspecified atom stereocenters. The van der Waals surface area contributed by atoms with Gasteiger partial charge in [0, 0.05) is 0 Å². The molecule has 5 nitrogen and oxygen atoms in total. The smallest absolute Gasteiger partial charge is 0.315 e. The van der Waals surface area contributed by atoms with E-state index in [0.717, 1.165) is 5.56 Å². The van der Waals surface area contributed by atoms with Crippen LogP contribution in [0.5, 0.6) is 0 Å². The Hall–Kier alpha value is -2.34. The molecule has 6 heteroatoms. The molecular weight excluding hydrogens is 287 g/mol. The van der Waals surface area contributed by atoms with Crippen molar-refractivity contribution in [2.24, 2.45) is 0 Å². The standard InChI is InChI=1S/C16H17FN2O3/c17-12-4-1-3-11-10(12)6-7-13(11)19-16(21)18-9-14(20)15-5-2-8-22-15/h1-5,8,13-14,20H,6-7,9H2,(H2,18,19,21). The first kappa shape index (κ1) is 14.6. The van der Waals surface area contributed by atoms with Crippen LogP contribution in [0.15, 0.2) is 41.0 Å². The van der Waals surface area contributed by atoms with E-state index < -0.39 is 12.1 Å². The van der Waals surface area contributed by atoms with Crippen molar-refractivity contribution in [1.29, 1.82) is 0 Å². The van der Waals surface area contributed by atoms with Gasteiger partial charge < -0.3 is 20.2 Å². The van der Waals surface area contributed by atoms with Crippen molar-refractivity contribution in [3.05, 3.63) is 59.3 Å². The summed E-state index contributed by atoms with van der Waals surface area (Å²) in [5.41, 5.74) is 1.49. The van der Waals surface area contributed by atoms with E-state index in [2.05, 4.69) is 10.6 Å². The number of hydrogen-bond acceptors (Lipinski definition) is 3. The van der Waals surface area contributed by atoms with Crippen molar-refractivity contribution >= 4 is 6.03 Å². The van der Waals surface area contributed by atoms with Gasteiger partial charge in [-0.05, 0) is 42.2 Å². The third-order valence-corrected chi connectivity index (χ3v) is 3.85. The highest BCUT2D eigenvalue weighted by atomic mass is 19.1. The summed E-state index contributed by atoms with van der Waals surface area (Å²) in [6.45, 7) is 0.0437. The van der Waals surface area contributed by atoms with Crippen LogP contribution in [-0.4, -0.2) is 17.7 Å². The lowest BCUT2D eigenvalue weighted by molar-refractivity contribution is 0.147. The Bertz CT molecular complexity index is 657. The molecule has 0 fully saturated rings. The van der Waals surface area contributed by atoms with Gasteiger partial charge in [0.05, 0.1) is 18.8 Å². The molecular formula is C16H17FN2O3. The van der Waals surface area contributed by atoms with Gasteiger partial charge in [0.2, 0.25) is 0 Å². The van der Waals surface area contributed by atoms with Gasteiger partial charge in [0.25, 0.3) is 0 Å². The number of halogens is 1. The number of aliphatic hydroxyl groups excluding tert-OH is 1. The van der Waals surface area contributed by atoms with Crippen molar-refractivity contribution < 1.29 is 18.7 Å². The summed E-state index contributed by atoms with van der Waals surface area (Å²) in [7, 11) is 0. The monoisotopic (exact) mass is 304 g/mol. The van der Waals surface area contributed by atoms with E-state index in [1.807, 2.05) is 6.07 Å². The molecule has 2 aromatic rings. The Morgan fingerprint density at radius 3 is 3.05 bits per heavy atom. The first-order chi connectivity index (χ1) is 10.6. The minimum absolute atomic E-state index is 0.0437. The number of fused-ring (bicyclic) bond motifs is 1. The molecule has 1 heterocycles. The quantitative estimate of drug-likeness (QED) is 0.812. The molecule has 1 aromatic heterocycles. The minimum atomic E-state index is -0.894. The summed E-state index contributed by atoms with van der Waals surface area (Å²) in [6.07, 6.45) is 1.85. The second-order valence-electron chi connectivity index (χ2n) is 5.28. The molecule has 0 saturated heterocycles. The molecule has 0 radical (unpaired) electrons. The van der Waals surface area contributed by atoms with Crippen molar-refractivity contribution in [1.82, 2.24) is 10.6 Å². The van der Waals surface area contributed by atoms with Crippen LogP contribution in [0.4, 0.5) is 9.18 Å². The Morgan fingerprint density at radius 1 is 1.41 bits per heavy atom. The largest absolute Gasteiger partial charge is 0.467 e. The summed E-state index contributed by atoms with van der Waals surface area (Å²) < 4.78 is 18.7. The lowest BCUT2D eigenvalue weighted by Gasteiger charge is -2.16. The van der Waals surface area contributed by atoms with E-state index >= 15 is 0 Å². The molecule has 0 spiro atoms. The third-order valence-electron chi connectivity index (χ3n) is 3.85. The van der Waals surface area contributed by atoms with Crippen LogP contribution in [0.3, 0.4) is 0 Å². The van der Waals surface area contributed by atoms with Crippen molar-refractivity contribution in [2.45, 2.75) is 25.0 Å². The number of aliphatic hydroxyl groups is 1. The van der Waals surface area contributed by atoms with Crippen LogP contribution >= 0.6 is 0 Å². The molecule has 1 aromatic carbocycles. The predicted octanol–water partition coefficient (Wildman–Crippen LogP) is 2.44. The van der Waals surface area contributed by atoms with Crippen molar-refractivity contribution in [2.75, 3.05) is 6.54 Å². The topological polar surface area (TPSA) is 74.5 Å². The van der Waals surface area contributed by atoms with Gasteiger partial charge in [-0.2, -0.15) is 0 Å². The average molecular weight is 304 g/mol. The lowest BCUT2D eigenvalue weighted by atomic mass is 10.1. The zero-order chi connectivity index (χ0) is 15.5. The number of hydrogen-bond donors (Lipinski definition) is 3. The fourth-order valence-electron chi connectivity index (χ4n) is 2.74. The number of rotatable bonds is 4. The summed E-state index contributed by atoms with van der Waals surface area (Å²) >= 11 is 0. The molecule has 2 amide bonds. The molecule has 116 valence electrons. The van der Waals surface area contributed by atoms with Crippen LogP contribution in [0.2, 0.25) is 0 Å². The Morgan fingerprint density at radius 2 is 2.27 bits per heavy atom. The summed E-state index contributed by atoms with van der Waals surface area (Å²) in [4.78, 5) is 11.9. The SMILES string of the molecule is O=C(NCC(O)c1ccco1)NC1CCc2c(F)cccc21. The molecule has 2 atom stereocenters. The molecule has 0 bridgehead atoms. The van der Waals surface area contributed by atoms with Gasteiger partial charge in [-0.3, -0.25) is 0 Å². The number of furan rings is 1. The average Bonchev–Trinajstić information content (AvgIpc) is 3.16. The van der Waals surface area contributed by atoms with E-state index in [9.17, 15) is 14.3 Å². The highest BCUT2D eigenvalue weighted by Crippen LogP contribution is 2.32. The Kier molecular flexibility index (Phi) is 4.11. The minimum Gasteiger partial charge on any atom is -0.467 e. The van der Waals surface area contributed by atoms with Crippen molar-refractivity contribution in [3.63, 3.8) is 0 Å². The first-order valence-electron chi connectivity index (χ1n) is 7.18. The summed E-state index contributed by atoms with van der Waals surface area (Å²) in [5.74, 6) is 0.170. The van der Waals surface area contributed by atoms with Gasteiger partial charge in [0.15, 0.2) is 0 Å². The van der Waals surface area contributed by atoms with Gasteiger partial charge >= 0.3 is 6.03 Å². The van der Waals surface area contributed by atoms with Gasteiger partial charge in [-0.1, -0.05) is 12.1 Å². The maximum absolute atomic E-state index is 13.6. The van der Waals surface area contributed by atoms with Crippen LogP contribution in [-0.2, 0) is 6.42 Å². The fraction of sp³-hybridized carbons (Fsp3) is 0.312.